The van der Waals surface area contributed by atoms with Gasteiger partial charge in [-0.2, -0.15) is 5.26 Å². The number of imide groups is 1. The molecule has 4 bridgehead atoms. The number of methoxy groups -OCH3 is 1. The van der Waals surface area contributed by atoms with Crippen molar-refractivity contribution in [1.29, 1.82) is 5.26 Å². The van der Waals surface area contributed by atoms with E-state index in [1.54, 1.807) is 20.9 Å². The van der Waals surface area contributed by atoms with Crippen molar-refractivity contribution in [2.75, 3.05) is 50.7 Å². The van der Waals surface area contributed by atoms with E-state index in [-0.39, 0.29) is 79.7 Å². The molecule has 9 atom stereocenters. The van der Waals surface area contributed by atoms with Crippen molar-refractivity contribution in [3.63, 3.8) is 0 Å². The number of thiocarbonyl (C=S) groups is 1. The van der Waals surface area contributed by atoms with Crippen LogP contribution >= 0.6 is 59.1 Å². The number of carbonyl (C=O) groups excluding carboxylic acids is 7. The van der Waals surface area contributed by atoms with Crippen molar-refractivity contribution >= 4 is 110 Å². The van der Waals surface area contributed by atoms with E-state index < -0.39 is 69.7 Å². The highest BCUT2D eigenvalue weighted by Crippen LogP contribution is 2.49. The average molecular weight is 1080 g/mol. The van der Waals surface area contributed by atoms with Gasteiger partial charge in [0.15, 0.2) is 0 Å². The van der Waals surface area contributed by atoms with Gasteiger partial charge in [-0.25, -0.2) is 9.59 Å². The summed E-state index contributed by atoms with van der Waals surface area (Å²) in [6, 6.07) is 4.56. The molecule has 71 heavy (non-hydrogen) atoms. The van der Waals surface area contributed by atoms with E-state index in [9.17, 15) is 38.8 Å². The molecule has 4 aliphatic heterocycles. The number of nitriles is 1. The molecule has 4 heterocycles. The van der Waals surface area contributed by atoms with Crippen LogP contribution in [-0.4, -0.2) is 147 Å². The van der Waals surface area contributed by atoms with Crippen LogP contribution < -0.4 is 20.3 Å². The van der Waals surface area contributed by atoms with Crippen LogP contribution in [0.25, 0.3) is 0 Å². The molecule has 1 aromatic carbocycles. The van der Waals surface area contributed by atoms with Crippen molar-refractivity contribution in [2.45, 2.75) is 139 Å². The molecule has 9 unspecified atom stereocenters. The minimum atomic E-state index is -1.18. The summed E-state index contributed by atoms with van der Waals surface area (Å²) in [6.07, 6.45) is 4.60. The summed E-state index contributed by atoms with van der Waals surface area (Å²) in [7, 11) is 4.53. The van der Waals surface area contributed by atoms with Crippen LogP contribution in [0, 0.1) is 17.2 Å². The highest BCUT2D eigenvalue weighted by molar-refractivity contribution is 8.47. The molecule has 0 saturated carbocycles. The molecule has 4 aliphatic rings. The van der Waals surface area contributed by atoms with Gasteiger partial charge in [0.05, 0.1) is 36.6 Å². The molecule has 3 fully saturated rings. The van der Waals surface area contributed by atoms with Crippen molar-refractivity contribution < 1.29 is 52.5 Å². The standard InChI is InChI=1S/C49H65ClN6O11S4/c1-10-69-47(68)71-48(5,27-51)17-15-38(57)52-18-19-56-41(60)25-36(44(56)61)70-20-16-39(58)54(7)30(4)45(62)66-37-26-40(59)55(8)33-22-31(23-35(64-9)42(33)50)21-28(2)13-11-12-14-32-24-34(65-46(63)53-32)29(3)43-49(37,6)67-43/h11-13,22-23,29-30,32,34,36-37,43H,10,14-21,24-26H2,1-9H3,(H,52,57)(H,53,63)/b12-11+,28-13+. The van der Waals surface area contributed by atoms with E-state index >= 15 is 0 Å². The lowest BCUT2D eigenvalue weighted by molar-refractivity contribution is -0.162. The zero-order valence-electron chi connectivity index (χ0n) is 41.7. The fourth-order valence-corrected chi connectivity index (χ4v) is 12.9. The van der Waals surface area contributed by atoms with Gasteiger partial charge in [-0.05, 0) is 70.4 Å². The number of hydrogen-bond acceptors (Lipinski definition) is 16. The highest BCUT2D eigenvalue weighted by Gasteiger charge is 2.64. The number of fused-ring (bicyclic) bond motifs is 5. The lowest BCUT2D eigenvalue weighted by atomic mass is 9.85. The minimum absolute atomic E-state index is 0.0209. The number of amides is 6. The number of benzene rings is 1. The fraction of sp³-hybridized carbons (Fsp3) is 0.612. The topological polar surface area (TPSA) is 217 Å². The number of esters is 1. The number of nitrogens with zero attached hydrogens (tertiary/aromatic N) is 4. The lowest BCUT2D eigenvalue weighted by Gasteiger charge is -2.33. The summed E-state index contributed by atoms with van der Waals surface area (Å²) >= 11 is 16.0. The number of ether oxygens (including phenoxy) is 4. The monoisotopic (exact) mass is 1080 g/mol. The van der Waals surface area contributed by atoms with Crippen molar-refractivity contribution in [3.8, 4) is 11.8 Å². The number of alkyl carbamates (subject to hydrolysis) is 1. The molecule has 17 nitrogen and oxygen atoms in total. The molecular formula is C49H65ClN6O11S4. The van der Waals surface area contributed by atoms with Crippen LogP contribution in [0.3, 0.4) is 0 Å². The minimum Gasteiger partial charge on any atom is -0.495 e. The molecule has 388 valence electrons. The van der Waals surface area contributed by atoms with Crippen molar-refractivity contribution in [1.82, 2.24) is 20.4 Å². The van der Waals surface area contributed by atoms with Gasteiger partial charge >= 0.3 is 12.1 Å². The number of likely N-dealkylation sites (tertiary alicyclic amines) is 1. The molecule has 0 aliphatic carbocycles. The molecule has 22 heteroatoms. The lowest BCUT2D eigenvalue weighted by Crippen LogP contribution is -2.49. The third kappa shape index (κ3) is 15.1. The van der Waals surface area contributed by atoms with Crippen LogP contribution in [0.1, 0.15) is 92.1 Å². The quantitative estimate of drug-likeness (QED) is 0.0756. The predicted molar refractivity (Wildman–Crippen MR) is 280 cm³/mol. The Morgan fingerprint density at radius 1 is 1.18 bits per heavy atom. The summed E-state index contributed by atoms with van der Waals surface area (Å²) in [6.45, 7) is 10.9. The van der Waals surface area contributed by atoms with E-state index in [2.05, 4.69) is 16.7 Å². The Morgan fingerprint density at radius 3 is 2.61 bits per heavy atom. The van der Waals surface area contributed by atoms with Gasteiger partial charge in [0.2, 0.25) is 29.5 Å². The number of epoxide rings is 1. The molecule has 1 aromatic rings. The number of nitrogens with one attached hydrogen (secondary N) is 2. The van der Waals surface area contributed by atoms with Crippen LogP contribution in [0.4, 0.5) is 10.5 Å². The van der Waals surface area contributed by atoms with Gasteiger partial charge in [0, 0.05) is 70.6 Å². The second-order valence-corrected chi connectivity index (χ2v) is 24.2. The first-order valence-electron chi connectivity index (χ1n) is 23.6. The summed E-state index contributed by atoms with van der Waals surface area (Å²) in [5, 5.41) is 14.8. The highest BCUT2D eigenvalue weighted by atomic mass is 35.5. The normalized spacial score (nSPS) is 27.1. The molecular weight excluding hydrogens is 1010 g/mol. The Kier molecular flexibility index (Phi) is 20.7. The zero-order chi connectivity index (χ0) is 52.4. The summed E-state index contributed by atoms with van der Waals surface area (Å²) in [4.78, 5) is 97.0. The summed E-state index contributed by atoms with van der Waals surface area (Å²) in [5.41, 5.74) is 1.08. The van der Waals surface area contributed by atoms with Gasteiger partial charge in [-0.3, -0.25) is 28.9 Å². The maximum absolute atomic E-state index is 14.3. The summed E-state index contributed by atoms with van der Waals surface area (Å²) < 4.78 is 23.6. The average Bonchev–Trinajstić information content (AvgIpc) is 3.95. The van der Waals surface area contributed by atoms with E-state index in [4.69, 9.17) is 42.8 Å². The van der Waals surface area contributed by atoms with E-state index in [0.717, 1.165) is 33.6 Å². The molecule has 0 radical (unpaired) electrons. The fourth-order valence-electron chi connectivity index (χ4n) is 8.61. The number of thioether (sulfide) groups is 3. The molecule has 2 N–H and O–H groups in total. The SMILES string of the molecule is CCSC(=S)SC(C)(C#N)CCC(=O)NCCN1C(=O)CC(SCCC(=O)N(C)C(C)C(=O)OC2CC(=O)N(C)c3cc(cc(OC)c3Cl)C/C(C)=C/C=C/CC3CC(OC(=O)N3)C(C)C3OC23C)C1=O. The largest absolute Gasteiger partial charge is 0.495 e. The third-order valence-corrected chi connectivity index (χ3v) is 17.4. The second-order valence-electron chi connectivity index (χ2n) is 18.5. The Balaban J connectivity index is 1.20. The first kappa shape index (κ1) is 57.6. The summed E-state index contributed by atoms with van der Waals surface area (Å²) in [5.74, 6) is -1.80. The zero-order valence-corrected chi connectivity index (χ0v) is 45.7. The molecule has 0 spiro atoms. The number of allylic oxidation sites excluding steroid dienone is 3. The number of halogens is 1. The number of hydrogen-bond donors (Lipinski definition) is 2. The molecule has 5 rings (SSSR count). The first-order chi connectivity index (χ1) is 33.5. The van der Waals surface area contributed by atoms with Crippen molar-refractivity contribution in [2.24, 2.45) is 5.92 Å². The van der Waals surface area contributed by atoms with Crippen LogP contribution in [-0.2, 0) is 49.4 Å². The number of carbonyl (C=O) groups is 7. The van der Waals surface area contributed by atoms with Gasteiger partial charge in [0.1, 0.15) is 42.9 Å². The molecule has 3 saturated heterocycles. The Morgan fingerprint density at radius 2 is 1.92 bits per heavy atom. The molecule has 6 amide bonds. The van der Waals surface area contributed by atoms with E-state index in [1.165, 1.54) is 54.4 Å². The predicted octanol–water partition coefficient (Wildman–Crippen LogP) is 6.77. The van der Waals surface area contributed by atoms with Crippen LogP contribution in [0.15, 0.2) is 35.9 Å². The van der Waals surface area contributed by atoms with Gasteiger partial charge in [-0.1, -0.05) is 73.2 Å². The number of rotatable bonds is 16. The van der Waals surface area contributed by atoms with Crippen LogP contribution in [0.2, 0.25) is 5.02 Å². The Hall–Kier alpha value is -4.33. The molecule has 0 aromatic heterocycles. The third-order valence-electron chi connectivity index (χ3n) is 13.2. The number of likely N-dealkylation sites (N-methyl/N-ethyl adjacent to an activating group) is 1. The Labute approximate surface area is 439 Å². The van der Waals surface area contributed by atoms with Gasteiger partial charge in [-0.15, -0.1) is 23.5 Å². The number of anilines is 1. The van der Waals surface area contributed by atoms with Gasteiger partial charge < -0.3 is 39.4 Å². The smallest absolute Gasteiger partial charge is 0.407 e. The van der Waals surface area contributed by atoms with Crippen LogP contribution in [0.5, 0.6) is 5.75 Å². The Bertz CT molecular complexity index is 2330. The first-order valence-corrected chi connectivity index (χ1v) is 27.2. The maximum Gasteiger partial charge on any atom is 0.407 e. The van der Waals surface area contributed by atoms with Gasteiger partial charge in [0.25, 0.3) is 0 Å². The van der Waals surface area contributed by atoms with E-state index in [1.807, 2.05) is 51.1 Å². The maximum atomic E-state index is 14.3. The second kappa shape index (κ2) is 25.6. The van der Waals surface area contributed by atoms with Crippen molar-refractivity contribution in [3.05, 3.63) is 46.5 Å². The van der Waals surface area contributed by atoms with E-state index in [0.29, 0.717) is 34.2 Å².